The first-order chi connectivity index (χ1) is 16.3. The molecule has 34 heavy (non-hydrogen) atoms. The summed E-state index contributed by atoms with van der Waals surface area (Å²) in [5.41, 5.74) is 4.60. The molecular weight excluding hydrogens is 450 g/mol. The van der Waals surface area contributed by atoms with E-state index >= 15 is 0 Å². The van der Waals surface area contributed by atoms with Gasteiger partial charge in [-0.2, -0.15) is 9.78 Å². The minimum atomic E-state index is -0.235. The average Bonchev–Trinajstić information content (AvgIpc) is 3.56. The van der Waals surface area contributed by atoms with Crippen molar-refractivity contribution < 1.29 is 9.59 Å². The third kappa shape index (κ3) is 4.60. The highest BCUT2D eigenvalue weighted by Crippen LogP contribution is 2.41. The van der Waals surface area contributed by atoms with Crippen LogP contribution in [0.3, 0.4) is 0 Å². The molecule has 0 bridgehead atoms. The second kappa shape index (κ2) is 9.34. The van der Waals surface area contributed by atoms with Crippen molar-refractivity contribution in [2.75, 3.05) is 44.2 Å². The van der Waals surface area contributed by atoms with Gasteiger partial charge >= 0.3 is 6.03 Å². The van der Waals surface area contributed by atoms with E-state index in [2.05, 4.69) is 40.0 Å². The molecule has 3 aliphatic rings. The van der Waals surface area contributed by atoms with Crippen LogP contribution in [0.1, 0.15) is 60.6 Å². The van der Waals surface area contributed by atoms with Gasteiger partial charge in [0.1, 0.15) is 5.69 Å². The largest absolute Gasteiger partial charge is 0.372 e. The van der Waals surface area contributed by atoms with Gasteiger partial charge in [-0.3, -0.25) is 9.69 Å². The Bertz CT molecular complexity index is 1080. The van der Waals surface area contributed by atoms with Gasteiger partial charge < -0.3 is 9.80 Å². The Kier molecular flexibility index (Phi) is 6.42. The Labute approximate surface area is 206 Å². The number of anilines is 1. The molecular formula is C26H34ClN5O2. The Morgan fingerprint density at radius 3 is 2.41 bits per heavy atom. The van der Waals surface area contributed by atoms with E-state index in [1.807, 2.05) is 4.90 Å². The van der Waals surface area contributed by atoms with Crippen LogP contribution in [-0.4, -0.2) is 70.7 Å². The van der Waals surface area contributed by atoms with Crippen LogP contribution in [0.15, 0.2) is 24.4 Å². The number of hydrogen-bond donors (Lipinski definition) is 0. The molecule has 8 heteroatoms. The second-order valence-electron chi connectivity index (χ2n) is 10.4. The van der Waals surface area contributed by atoms with Crippen molar-refractivity contribution in [3.8, 4) is 0 Å². The van der Waals surface area contributed by atoms with Crippen molar-refractivity contribution in [3.05, 3.63) is 46.2 Å². The zero-order chi connectivity index (χ0) is 23.9. The average molecular weight is 484 g/mol. The first-order valence-corrected chi connectivity index (χ1v) is 12.8. The van der Waals surface area contributed by atoms with Gasteiger partial charge in [0.05, 0.1) is 11.2 Å². The summed E-state index contributed by atoms with van der Waals surface area (Å²) in [5, 5.41) is 4.33. The number of carbonyl (C=O) groups is 2. The van der Waals surface area contributed by atoms with E-state index < -0.39 is 0 Å². The second-order valence-corrected chi connectivity index (χ2v) is 10.8. The molecule has 5 rings (SSSR count). The van der Waals surface area contributed by atoms with Gasteiger partial charge in [-0.05, 0) is 74.2 Å². The lowest BCUT2D eigenvalue weighted by molar-refractivity contribution is 0.101. The molecule has 0 unspecified atom stereocenters. The highest BCUT2D eigenvalue weighted by Gasteiger charge is 2.41. The zero-order valence-corrected chi connectivity index (χ0v) is 21.0. The van der Waals surface area contributed by atoms with Crippen LogP contribution in [0.5, 0.6) is 0 Å². The SMILES string of the molecule is CC(=O)c1nn(C(=O)N2CCC3(CCN(Cc4ccc(N5CCCC5)cc4C)C3)CC2)cc1Cl. The predicted molar refractivity (Wildman–Crippen MR) is 134 cm³/mol. The Balaban J connectivity index is 1.17. The van der Waals surface area contributed by atoms with Crippen LogP contribution in [0.25, 0.3) is 0 Å². The molecule has 3 fully saturated rings. The topological polar surface area (TPSA) is 61.7 Å². The lowest BCUT2D eigenvalue weighted by atomic mass is 9.78. The summed E-state index contributed by atoms with van der Waals surface area (Å²) in [6.07, 6.45) is 7.22. The van der Waals surface area contributed by atoms with E-state index in [1.54, 1.807) is 0 Å². The maximum Gasteiger partial charge on any atom is 0.344 e. The number of amides is 1. The number of halogens is 1. The van der Waals surface area contributed by atoms with Crippen LogP contribution in [0.4, 0.5) is 10.5 Å². The molecule has 2 aromatic rings. The number of aryl methyl sites for hydroxylation is 1. The van der Waals surface area contributed by atoms with E-state index in [4.69, 9.17) is 11.6 Å². The number of rotatable bonds is 4. The molecule has 1 aromatic heterocycles. The third-order valence-electron chi connectivity index (χ3n) is 8.00. The Hall–Kier alpha value is -2.38. The van der Waals surface area contributed by atoms with Crippen molar-refractivity contribution >= 4 is 29.1 Å². The summed E-state index contributed by atoms with van der Waals surface area (Å²) < 4.78 is 1.21. The molecule has 1 aromatic carbocycles. The first-order valence-electron chi connectivity index (χ1n) is 12.5. The highest BCUT2D eigenvalue weighted by molar-refractivity contribution is 6.33. The van der Waals surface area contributed by atoms with Crippen molar-refractivity contribution in [2.24, 2.45) is 5.41 Å². The molecule has 0 radical (unpaired) electrons. The fourth-order valence-electron chi connectivity index (χ4n) is 5.85. The summed E-state index contributed by atoms with van der Waals surface area (Å²) in [7, 11) is 0. The minimum Gasteiger partial charge on any atom is -0.372 e. The summed E-state index contributed by atoms with van der Waals surface area (Å²) >= 11 is 6.07. The molecule has 0 aliphatic carbocycles. The number of carbonyl (C=O) groups excluding carboxylic acids is 2. The van der Waals surface area contributed by atoms with E-state index in [1.165, 1.54) is 67.0 Å². The number of Topliss-reactive ketones (excluding diaryl/α,β-unsaturated/α-hetero) is 1. The molecule has 7 nitrogen and oxygen atoms in total. The van der Waals surface area contributed by atoms with E-state index in [0.29, 0.717) is 13.1 Å². The number of ketones is 1. The van der Waals surface area contributed by atoms with Crippen LogP contribution in [0, 0.1) is 12.3 Å². The van der Waals surface area contributed by atoms with Crippen LogP contribution in [-0.2, 0) is 6.54 Å². The third-order valence-corrected chi connectivity index (χ3v) is 8.28. The smallest absolute Gasteiger partial charge is 0.344 e. The zero-order valence-electron chi connectivity index (χ0n) is 20.2. The maximum absolute atomic E-state index is 12.9. The van der Waals surface area contributed by atoms with Gasteiger partial charge in [0.25, 0.3) is 0 Å². The predicted octanol–water partition coefficient (Wildman–Crippen LogP) is 4.60. The highest BCUT2D eigenvalue weighted by atomic mass is 35.5. The monoisotopic (exact) mass is 483 g/mol. The summed E-state index contributed by atoms with van der Waals surface area (Å²) in [5.74, 6) is -0.235. The van der Waals surface area contributed by atoms with Gasteiger partial charge in [0.15, 0.2) is 5.78 Å². The molecule has 182 valence electrons. The maximum atomic E-state index is 12.9. The van der Waals surface area contributed by atoms with Crippen LogP contribution >= 0.6 is 11.6 Å². The quantitative estimate of drug-likeness (QED) is 0.594. The van der Waals surface area contributed by atoms with E-state index in [0.717, 1.165) is 32.5 Å². The molecule has 0 N–H and O–H groups in total. The van der Waals surface area contributed by atoms with Gasteiger partial charge in [0, 0.05) is 51.9 Å². The fourth-order valence-corrected chi connectivity index (χ4v) is 6.11. The normalized spacial score (nSPS) is 20.4. The molecule has 3 saturated heterocycles. The fraction of sp³-hybridized carbons (Fsp3) is 0.577. The van der Waals surface area contributed by atoms with Crippen LogP contribution in [0.2, 0.25) is 5.02 Å². The summed E-state index contributed by atoms with van der Waals surface area (Å²) in [6, 6.07) is 6.77. The Morgan fingerprint density at radius 2 is 1.76 bits per heavy atom. The lowest BCUT2D eigenvalue weighted by Gasteiger charge is -2.39. The van der Waals surface area contributed by atoms with Crippen LogP contribution < -0.4 is 4.90 Å². The molecule has 1 amide bonds. The number of nitrogens with zero attached hydrogens (tertiary/aromatic N) is 5. The molecule has 0 atom stereocenters. The summed E-state index contributed by atoms with van der Waals surface area (Å²) in [6.45, 7) is 10.6. The first kappa shape index (κ1) is 23.4. The minimum absolute atomic E-state index is 0.152. The number of aromatic nitrogens is 2. The van der Waals surface area contributed by atoms with Crippen molar-refractivity contribution in [1.82, 2.24) is 19.6 Å². The standard InChI is InChI=1S/C26H34ClN5O2/c1-19-15-22(30-10-3-4-11-30)6-5-21(19)16-29-12-7-26(18-29)8-13-31(14-9-26)25(34)32-17-23(27)24(28-32)20(2)33/h5-6,15,17H,3-4,7-14,16,18H2,1-2H3. The number of hydrogen-bond acceptors (Lipinski definition) is 5. The Morgan fingerprint density at radius 1 is 1.06 bits per heavy atom. The molecule has 4 heterocycles. The number of likely N-dealkylation sites (tertiary alicyclic amines) is 2. The van der Waals surface area contributed by atoms with Crippen molar-refractivity contribution in [1.29, 1.82) is 0 Å². The van der Waals surface area contributed by atoms with Gasteiger partial charge in [0.2, 0.25) is 0 Å². The van der Waals surface area contributed by atoms with Gasteiger partial charge in [-0.15, -0.1) is 0 Å². The van der Waals surface area contributed by atoms with E-state index in [-0.39, 0.29) is 27.9 Å². The molecule has 0 saturated carbocycles. The van der Waals surface area contributed by atoms with Crippen molar-refractivity contribution in [3.63, 3.8) is 0 Å². The van der Waals surface area contributed by atoms with Gasteiger partial charge in [-0.1, -0.05) is 17.7 Å². The van der Waals surface area contributed by atoms with E-state index in [9.17, 15) is 9.59 Å². The van der Waals surface area contributed by atoms with Gasteiger partial charge in [-0.25, -0.2) is 4.79 Å². The number of benzene rings is 1. The summed E-state index contributed by atoms with van der Waals surface area (Å²) in [4.78, 5) is 31.4. The molecule has 3 aliphatic heterocycles. The number of piperidine rings is 1. The van der Waals surface area contributed by atoms with Crippen molar-refractivity contribution in [2.45, 2.75) is 52.5 Å². The molecule has 1 spiro atoms. The lowest BCUT2D eigenvalue weighted by Crippen LogP contribution is -2.45.